The Morgan fingerprint density at radius 1 is 0.914 bits per heavy atom. The maximum Gasteiger partial charge on any atom is 0.408 e. The van der Waals surface area contributed by atoms with E-state index in [4.69, 9.17) is 14.2 Å². The average molecular weight is 486 g/mol. The lowest BCUT2D eigenvalue weighted by Gasteiger charge is -2.30. The zero-order valence-corrected chi connectivity index (χ0v) is 21.4. The van der Waals surface area contributed by atoms with Crippen LogP contribution in [0.2, 0.25) is 0 Å². The highest BCUT2D eigenvalue weighted by Crippen LogP contribution is 2.26. The van der Waals surface area contributed by atoms with Crippen LogP contribution in [0.25, 0.3) is 0 Å². The summed E-state index contributed by atoms with van der Waals surface area (Å²) < 4.78 is 16.1. The molecule has 7 nitrogen and oxygen atoms in total. The fourth-order valence-electron chi connectivity index (χ4n) is 3.97. The lowest BCUT2D eigenvalue weighted by molar-refractivity contribution is -0.145. The van der Waals surface area contributed by atoms with Crippen molar-refractivity contribution < 1.29 is 28.9 Å². The molecule has 0 aliphatic carbocycles. The molecule has 0 aliphatic rings. The quantitative estimate of drug-likeness (QED) is 0.438. The van der Waals surface area contributed by atoms with Gasteiger partial charge in [-0.25, -0.2) is 9.59 Å². The van der Waals surface area contributed by atoms with Crippen molar-refractivity contribution in [2.24, 2.45) is 11.8 Å². The summed E-state index contributed by atoms with van der Waals surface area (Å²) in [6.07, 6.45) is 0.105. The highest BCUT2D eigenvalue weighted by atomic mass is 16.6. The van der Waals surface area contributed by atoms with Crippen molar-refractivity contribution in [2.75, 3.05) is 20.3 Å². The molecule has 4 unspecified atom stereocenters. The van der Waals surface area contributed by atoms with E-state index in [0.29, 0.717) is 19.4 Å². The van der Waals surface area contributed by atoms with E-state index in [2.05, 4.69) is 17.4 Å². The molecule has 2 aromatic carbocycles. The van der Waals surface area contributed by atoms with Crippen molar-refractivity contribution in [3.8, 4) is 0 Å². The van der Waals surface area contributed by atoms with Crippen LogP contribution in [0.4, 0.5) is 4.79 Å². The molecule has 0 fully saturated rings. The monoisotopic (exact) mass is 485 g/mol. The molecule has 192 valence electrons. The Balaban J connectivity index is 2.13. The zero-order valence-electron chi connectivity index (χ0n) is 21.4. The number of carbonyl (C=O) groups excluding carboxylic acids is 2. The van der Waals surface area contributed by atoms with E-state index in [-0.39, 0.29) is 18.4 Å². The first kappa shape index (κ1) is 28.3. The Hall–Kier alpha value is -2.90. The van der Waals surface area contributed by atoms with E-state index in [1.807, 2.05) is 48.5 Å². The van der Waals surface area contributed by atoms with Gasteiger partial charge >= 0.3 is 12.1 Å². The van der Waals surface area contributed by atoms with E-state index in [1.54, 1.807) is 27.7 Å². The van der Waals surface area contributed by atoms with Gasteiger partial charge in [-0.3, -0.25) is 0 Å². The minimum atomic E-state index is -1.01. The van der Waals surface area contributed by atoms with Gasteiger partial charge < -0.3 is 24.6 Å². The summed E-state index contributed by atoms with van der Waals surface area (Å²) in [4.78, 5) is 24.4. The molecular formula is C28H39NO6. The summed E-state index contributed by atoms with van der Waals surface area (Å²) in [5, 5.41) is 13.2. The summed E-state index contributed by atoms with van der Waals surface area (Å²) in [5.41, 5.74) is 1.57. The van der Waals surface area contributed by atoms with Crippen molar-refractivity contribution in [3.63, 3.8) is 0 Å². The van der Waals surface area contributed by atoms with Gasteiger partial charge in [0.1, 0.15) is 5.60 Å². The number of alkyl carbamates (subject to hydrolysis) is 1. The SMILES string of the molecule is COC(=O)C(COCC(Cc1ccccc1)C(Cc1ccccc1)C(C)O)NC(=O)OC(C)(C)C. The van der Waals surface area contributed by atoms with E-state index in [9.17, 15) is 14.7 Å². The maximum atomic E-state index is 12.3. The van der Waals surface area contributed by atoms with Gasteiger partial charge in [0.2, 0.25) is 0 Å². The van der Waals surface area contributed by atoms with Crippen LogP contribution in [0.5, 0.6) is 0 Å². The van der Waals surface area contributed by atoms with Gasteiger partial charge in [-0.15, -0.1) is 0 Å². The predicted octanol–water partition coefficient (Wildman–Crippen LogP) is 4.17. The second-order valence-electron chi connectivity index (χ2n) is 9.80. The Morgan fingerprint density at radius 2 is 1.46 bits per heavy atom. The van der Waals surface area contributed by atoms with E-state index in [0.717, 1.165) is 11.1 Å². The number of rotatable bonds is 12. The number of hydrogen-bond acceptors (Lipinski definition) is 6. The number of nitrogens with one attached hydrogen (secondary N) is 1. The number of amides is 1. The number of aliphatic hydroxyl groups is 1. The van der Waals surface area contributed by atoms with Crippen LogP contribution in [0.3, 0.4) is 0 Å². The highest BCUT2D eigenvalue weighted by Gasteiger charge is 2.29. The first-order valence-corrected chi connectivity index (χ1v) is 12.0. The molecule has 35 heavy (non-hydrogen) atoms. The molecule has 4 atom stereocenters. The summed E-state index contributed by atoms with van der Waals surface area (Å²) >= 11 is 0. The second kappa shape index (κ2) is 13.9. The molecule has 2 N–H and O–H groups in total. The zero-order chi connectivity index (χ0) is 25.8. The molecule has 2 rings (SSSR count). The molecule has 2 aromatic rings. The van der Waals surface area contributed by atoms with E-state index >= 15 is 0 Å². The van der Waals surface area contributed by atoms with Crippen molar-refractivity contribution in [3.05, 3.63) is 71.8 Å². The van der Waals surface area contributed by atoms with E-state index in [1.165, 1.54) is 7.11 Å². The Morgan fingerprint density at radius 3 is 1.94 bits per heavy atom. The molecule has 7 heteroatoms. The number of hydrogen-bond donors (Lipinski definition) is 2. The van der Waals surface area contributed by atoms with Gasteiger partial charge in [0, 0.05) is 0 Å². The van der Waals surface area contributed by atoms with Crippen LogP contribution in [-0.2, 0) is 31.8 Å². The third kappa shape index (κ3) is 10.5. The first-order chi connectivity index (χ1) is 16.6. The van der Waals surface area contributed by atoms with Gasteiger partial charge in [0.05, 0.1) is 26.4 Å². The average Bonchev–Trinajstić information content (AvgIpc) is 2.80. The van der Waals surface area contributed by atoms with Gasteiger partial charge in [-0.2, -0.15) is 0 Å². The largest absolute Gasteiger partial charge is 0.467 e. The van der Waals surface area contributed by atoms with Gasteiger partial charge in [-0.1, -0.05) is 60.7 Å². The maximum absolute atomic E-state index is 12.3. The lowest BCUT2D eigenvalue weighted by atomic mass is 9.80. The van der Waals surface area contributed by atoms with Crippen molar-refractivity contribution >= 4 is 12.1 Å². The molecule has 0 radical (unpaired) electrons. The van der Waals surface area contributed by atoms with Crippen LogP contribution < -0.4 is 5.32 Å². The summed E-state index contributed by atoms with van der Waals surface area (Å²) in [6.45, 7) is 7.25. The molecule has 1 amide bonds. The number of benzene rings is 2. The third-order valence-corrected chi connectivity index (χ3v) is 5.67. The minimum Gasteiger partial charge on any atom is -0.467 e. The van der Waals surface area contributed by atoms with Crippen molar-refractivity contribution in [2.45, 2.75) is 58.3 Å². The molecule has 0 bridgehead atoms. The number of esters is 1. The highest BCUT2D eigenvalue weighted by molar-refractivity contribution is 5.81. The smallest absolute Gasteiger partial charge is 0.408 e. The summed E-state index contributed by atoms with van der Waals surface area (Å²) in [6, 6.07) is 19.1. The number of aliphatic hydroxyl groups excluding tert-OH is 1. The lowest BCUT2D eigenvalue weighted by Crippen LogP contribution is -2.47. The Labute approximate surface area is 208 Å². The molecule has 0 spiro atoms. The molecule has 0 saturated heterocycles. The van der Waals surface area contributed by atoms with Crippen LogP contribution >= 0.6 is 0 Å². The van der Waals surface area contributed by atoms with Crippen molar-refractivity contribution in [1.82, 2.24) is 5.32 Å². The minimum absolute atomic E-state index is 0.0302. The van der Waals surface area contributed by atoms with E-state index < -0.39 is 29.8 Å². The molecule has 0 saturated carbocycles. The molecule has 0 aromatic heterocycles. The van der Waals surface area contributed by atoms with Gasteiger partial charge in [-0.05, 0) is 63.5 Å². The number of carbonyl (C=O) groups is 2. The Bertz CT molecular complexity index is 895. The first-order valence-electron chi connectivity index (χ1n) is 12.0. The predicted molar refractivity (Wildman–Crippen MR) is 135 cm³/mol. The fraction of sp³-hybridized carbons (Fsp3) is 0.500. The fourth-order valence-corrected chi connectivity index (χ4v) is 3.97. The van der Waals surface area contributed by atoms with Crippen molar-refractivity contribution in [1.29, 1.82) is 0 Å². The topological polar surface area (TPSA) is 94.1 Å². The molecule has 0 aliphatic heterocycles. The van der Waals surface area contributed by atoms with Gasteiger partial charge in [0.25, 0.3) is 0 Å². The van der Waals surface area contributed by atoms with Crippen LogP contribution in [0, 0.1) is 11.8 Å². The number of ether oxygens (including phenoxy) is 3. The molecule has 0 heterocycles. The van der Waals surface area contributed by atoms with Crippen LogP contribution in [0.15, 0.2) is 60.7 Å². The second-order valence-corrected chi connectivity index (χ2v) is 9.80. The standard InChI is InChI=1S/C28H39NO6/c1-20(30)24(17-22-14-10-7-11-15-22)23(16-21-12-8-6-9-13-21)18-34-19-25(26(31)33-5)29-27(32)35-28(2,3)4/h6-15,20,23-25,30H,16-19H2,1-5H3,(H,29,32). The number of methoxy groups -OCH3 is 1. The summed E-state index contributed by atoms with van der Waals surface area (Å²) in [5.74, 6) is -0.725. The third-order valence-electron chi connectivity index (χ3n) is 5.67. The van der Waals surface area contributed by atoms with Crippen LogP contribution in [0.1, 0.15) is 38.8 Å². The van der Waals surface area contributed by atoms with Crippen LogP contribution in [-0.4, -0.2) is 55.2 Å². The Kier molecular flexibility index (Phi) is 11.2. The molecular weight excluding hydrogens is 446 g/mol. The summed E-state index contributed by atoms with van der Waals surface area (Å²) in [7, 11) is 1.26. The van der Waals surface area contributed by atoms with Gasteiger partial charge in [0.15, 0.2) is 6.04 Å². The normalized spacial score (nSPS) is 14.9.